The largest absolute Gasteiger partial charge is 0.507 e. The van der Waals surface area contributed by atoms with Gasteiger partial charge in [0.05, 0.1) is 16.8 Å². The van der Waals surface area contributed by atoms with E-state index in [4.69, 9.17) is 5.73 Å². The average Bonchev–Trinajstić information content (AvgIpc) is 2.33. The standard InChI is InChI=1S/C13H11NO4/c14-9-5-8(11(16)6-12(9)17)13(18)7-3-1-2-4-10(7)15/h1-6,15-17H,14H2. The van der Waals surface area contributed by atoms with Crippen LogP contribution in [0.15, 0.2) is 36.4 Å². The van der Waals surface area contributed by atoms with Gasteiger partial charge in [-0.1, -0.05) is 12.1 Å². The molecular weight excluding hydrogens is 234 g/mol. The molecule has 0 amide bonds. The summed E-state index contributed by atoms with van der Waals surface area (Å²) < 4.78 is 0. The Bertz CT molecular complexity index is 622. The topological polar surface area (TPSA) is 104 Å². The molecule has 0 unspecified atom stereocenters. The minimum absolute atomic E-state index is 0.0217. The molecule has 0 atom stereocenters. The van der Waals surface area contributed by atoms with Crippen LogP contribution in [0.4, 0.5) is 5.69 Å². The molecule has 0 fully saturated rings. The zero-order chi connectivity index (χ0) is 13.3. The number of nitrogens with two attached hydrogens (primary N) is 1. The van der Waals surface area contributed by atoms with Crippen LogP contribution in [0.2, 0.25) is 0 Å². The highest BCUT2D eigenvalue weighted by atomic mass is 16.3. The molecule has 5 N–H and O–H groups in total. The second-order valence-electron chi connectivity index (χ2n) is 3.77. The first-order valence-electron chi connectivity index (χ1n) is 5.15. The number of ketones is 1. The van der Waals surface area contributed by atoms with Gasteiger partial charge < -0.3 is 21.1 Å². The zero-order valence-corrected chi connectivity index (χ0v) is 9.29. The van der Waals surface area contributed by atoms with E-state index in [1.54, 1.807) is 12.1 Å². The Balaban J connectivity index is 2.53. The van der Waals surface area contributed by atoms with Crippen LogP contribution in [0.25, 0.3) is 0 Å². The highest BCUT2D eigenvalue weighted by molar-refractivity contribution is 6.12. The molecule has 0 bridgehead atoms. The lowest BCUT2D eigenvalue weighted by Crippen LogP contribution is -2.03. The van der Waals surface area contributed by atoms with Gasteiger partial charge in [0.2, 0.25) is 5.78 Å². The van der Waals surface area contributed by atoms with Crippen molar-refractivity contribution in [3.8, 4) is 17.2 Å². The summed E-state index contributed by atoms with van der Waals surface area (Å²) in [5.41, 5.74) is 5.42. The predicted molar refractivity (Wildman–Crippen MR) is 65.7 cm³/mol. The molecule has 92 valence electrons. The molecule has 0 aromatic heterocycles. The van der Waals surface area contributed by atoms with Crippen molar-refractivity contribution in [3.63, 3.8) is 0 Å². The second kappa shape index (κ2) is 4.29. The quantitative estimate of drug-likeness (QED) is 0.278. The first kappa shape index (κ1) is 11.8. The van der Waals surface area contributed by atoms with Crippen LogP contribution in [0.5, 0.6) is 17.2 Å². The number of carbonyl (C=O) groups excluding carboxylic acids is 1. The summed E-state index contributed by atoms with van der Waals surface area (Å²) in [6.45, 7) is 0. The molecule has 0 heterocycles. The predicted octanol–water partition coefficient (Wildman–Crippen LogP) is 1.62. The molecule has 0 saturated carbocycles. The third kappa shape index (κ3) is 1.93. The lowest BCUT2D eigenvalue weighted by atomic mass is 10.0. The number of carbonyl (C=O) groups is 1. The van der Waals surface area contributed by atoms with Crippen molar-refractivity contribution in [2.45, 2.75) is 0 Å². The smallest absolute Gasteiger partial charge is 0.200 e. The van der Waals surface area contributed by atoms with Crippen molar-refractivity contribution in [2.75, 3.05) is 5.73 Å². The van der Waals surface area contributed by atoms with E-state index in [2.05, 4.69) is 0 Å². The van der Waals surface area contributed by atoms with Gasteiger partial charge in [0.25, 0.3) is 0 Å². The minimum Gasteiger partial charge on any atom is -0.507 e. The van der Waals surface area contributed by atoms with Gasteiger partial charge >= 0.3 is 0 Å². The van der Waals surface area contributed by atoms with Gasteiger partial charge in [0, 0.05) is 6.07 Å². The van der Waals surface area contributed by atoms with Crippen molar-refractivity contribution >= 4 is 11.5 Å². The van der Waals surface area contributed by atoms with Crippen molar-refractivity contribution < 1.29 is 20.1 Å². The van der Waals surface area contributed by atoms with Crippen molar-refractivity contribution in [1.29, 1.82) is 0 Å². The fourth-order valence-electron chi connectivity index (χ4n) is 1.59. The first-order valence-corrected chi connectivity index (χ1v) is 5.15. The number of phenolic OH excluding ortho intramolecular Hbond substituents is 3. The Morgan fingerprint density at radius 2 is 1.56 bits per heavy atom. The molecule has 2 rings (SSSR count). The summed E-state index contributed by atoms with van der Waals surface area (Å²) in [7, 11) is 0. The molecule has 5 heteroatoms. The summed E-state index contributed by atoms with van der Waals surface area (Å²) in [5.74, 6) is -1.46. The minimum atomic E-state index is -0.572. The maximum atomic E-state index is 12.1. The lowest BCUT2D eigenvalue weighted by molar-refractivity contribution is 0.103. The van der Waals surface area contributed by atoms with Crippen LogP contribution in [-0.2, 0) is 0 Å². The van der Waals surface area contributed by atoms with Crippen molar-refractivity contribution in [3.05, 3.63) is 47.5 Å². The maximum absolute atomic E-state index is 12.1. The molecule has 2 aromatic rings. The maximum Gasteiger partial charge on any atom is 0.200 e. The van der Waals surface area contributed by atoms with E-state index >= 15 is 0 Å². The molecule has 18 heavy (non-hydrogen) atoms. The highest BCUT2D eigenvalue weighted by Crippen LogP contribution is 2.32. The lowest BCUT2D eigenvalue weighted by Gasteiger charge is -2.07. The molecular formula is C13H11NO4. The second-order valence-corrected chi connectivity index (χ2v) is 3.77. The first-order chi connectivity index (χ1) is 8.50. The number of rotatable bonds is 2. The molecule has 5 nitrogen and oxygen atoms in total. The van der Waals surface area contributed by atoms with Crippen LogP contribution >= 0.6 is 0 Å². The molecule has 0 aliphatic heterocycles. The van der Waals surface area contributed by atoms with E-state index < -0.39 is 11.5 Å². The number of anilines is 1. The molecule has 2 aromatic carbocycles. The summed E-state index contributed by atoms with van der Waals surface area (Å²) in [6.07, 6.45) is 0. The summed E-state index contributed by atoms with van der Waals surface area (Å²) in [4.78, 5) is 12.1. The number of hydrogen-bond acceptors (Lipinski definition) is 5. The third-order valence-electron chi connectivity index (χ3n) is 2.54. The van der Waals surface area contributed by atoms with E-state index in [0.717, 1.165) is 6.07 Å². The van der Waals surface area contributed by atoms with E-state index in [1.807, 2.05) is 0 Å². The monoisotopic (exact) mass is 245 g/mol. The molecule has 0 aliphatic rings. The Hall–Kier alpha value is -2.69. The van der Waals surface area contributed by atoms with E-state index in [9.17, 15) is 20.1 Å². The van der Waals surface area contributed by atoms with Crippen LogP contribution in [0.1, 0.15) is 15.9 Å². The van der Waals surface area contributed by atoms with E-state index in [1.165, 1.54) is 18.2 Å². The van der Waals surface area contributed by atoms with Crippen LogP contribution in [-0.4, -0.2) is 21.1 Å². The Morgan fingerprint density at radius 1 is 0.889 bits per heavy atom. The van der Waals surface area contributed by atoms with Gasteiger partial charge in [-0.25, -0.2) is 0 Å². The van der Waals surface area contributed by atoms with Crippen molar-refractivity contribution in [1.82, 2.24) is 0 Å². The van der Waals surface area contributed by atoms with Crippen molar-refractivity contribution in [2.24, 2.45) is 0 Å². The Kier molecular flexibility index (Phi) is 2.81. The number of hydrogen-bond donors (Lipinski definition) is 4. The molecule has 0 aliphatic carbocycles. The number of aromatic hydroxyl groups is 3. The number of benzene rings is 2. The molecule has 0 saturated heterocycles. The SMILES string of the molecule is Nc1cc(C(=O)c2ccccc2O)c(O)cc1O. The van der Waals surface area contributed by atoms with Gasteiger partial charge in [-0.2, -0.15) is 0 Å². The van der Waals surface area contributed by atoms with Gasteiger partial charge in [0.15, 0.2) is 0 Å². The fraction of sp³-hybridized carbons (Fsp3) is 0. The summed E-state index contributed by atoms with van der Waals surface area (Å²) in [6, 6.07) is 8.13. The third-order valence-corrected chi connectivity index (χ3v) is 2.54. The normalized spacial score (nSPS) is 10.2. The number of nitrogen functional groups attached to an aromatic ring is 1. The van der Waals surface area contributed by atoms with Gasteiger partial charge in [-0.15, -0.1) is 0 Å². The molecule has 0 spiro atoms. The number of phenols is 3. The summed E-state index contributed by atoms with van der Waals surface area (Å²) >= 11 is 0. The van der Waals surface area contributed by atoms with E-state index in [-0.39, 0.29) is 28.3 Å². The van der Waals surface area contributed by atoms with Crippen LogP contribution in [0, 0.1) is 0 Å². The fourth-order valence-corrected chi connectivity index (χ4v) is 1.59. The Labute approximate surface area is 103 Å². The van der Waals surface area contributed by atoms with Gasteiger partial charge in [-0.3, -0.25) is 4.79 Å². The number of para-hydroxylation sites is 1. The van der Waals surface area contributed by atoms with Crippen LogP contribution in [0.3, 0.4) is 0 Å². The average molecular weight is 245 g/mol. The molecule has 0 radical (unpaired) electrons. The highest BCUT2D eigenvalue weighted by Gasteiger charge is 2.18. The zero-order valence-electron chi connectivity index (χ0n) is 9.29. The van der Waals surface area contributed by atoms with Crippen LogP contribution < -0.4 is 5.73 Å². The van der Waals surface area contributed by atoms with Gasteiger partial charge in [-0.05, 0) is 18.2 Å². The van der Waals surface area contributed by atoms with E-state index in [0.29, 0.717) is 0 Å². The Morgan fingerprint density at radius 3 is 2.22 bits per heavy atom. The van der Waals surface area contributed by atoms with Gasteiger partial charge in [0.1, 0.15) is 17.2 Å². The summed E-state index contributed by atoms with van der Waals surface area (Å²) in [5, 5.41) is 28.5.